The minimum atomic E-state index is -0.879. The Bertz CT molecular complexity index is 441. The Balaban J connectivity index is 2.56. The first-order valence-electron chi connectivity index (χ1n) is 6.33. The van der Waals surface area contributed by atoms with E-state index < -0.39 is 11.9 Å². The molecule has 104 valence electrons. The van der Waals surface area contributed by atoms with E-state index >= 15 is 0 Å². The van der Waals surface area contributed by atoms with Crippen molar-refractivity contribution >= 4 is 11.9 Å². The third-order valence-corrected chi connectivity index (χ3v) is 2.79. The van der Waals surface area contributed by atoms with Crippen LogP contribution in [0.2, 0.25) is 0 Å². The molecule has 5 nitrogen and oxygen atoms in total. The first-order valence-corrected chi connectivity index (χ1v) is 6.33. The van der Waals surface area contributed by atoms with Crippen LogP contribution in [0.4, 0.5) is 0 Å². The lowest BCUT2D eigenvalue weighted by molar-refractivity contribution is -0.142. The van der Waals surface area contributed by atoms with E-state index in [2.05, 4.69) is 10.3 Å². The molecule has 2 N–H and O–H groups in total. The van der Waals surface area contributed by atoms with E-state index in [9.17, 15) is 9.59 Å². The van der Waals surface area contributed by atoms with Gasteiger partial charge in [0, 0.05) is 18.4 Å². The SMILES string of the molecule is Cc1ccc(C(=O)NCC(CC(C)C)C(=O)O)cn1. The van der Waals surface area contributed by atoms with Crippen LogP contribution in [0.5, 0.6) is 0 Å². The molecule has 0 aliphatic carbocycles. The Morgan fingerprint density at radius 1 is 1.37 bits per heavy atom. The van der Waals surface area contributed by atoms with Crippen molar-refractivity contribution in [1.82, 2.24) is 10.3 Å². The zero-order chi connectivity index (χ0) is 14.4. The van der Waals surface area contributed by atoms with Gasteiger partial charge in [0.15, 0.2) is 0 Å². The van der Waals surface area contributed by atoms with Gasteiger partial charge in [-0.25, -0.2) is 0 Å². The Morgan fingerprint density at radius 3 is 2.53 bits per heavy atom. The molecule has 0 spiro atoms. The van der Waals surface area contributed by atoms with Crippen molar-refractivity contribution in [3.8, 4) is 0 Å². The van der Waals surface area contributed by atoms with Crippen LogP contribution in [-0.2, 0) is 4.79 Å². The summed E-state index contributed by atoms with van der Waals surface area (Å²) in [6.07, 6.45) is 2.03. The highest BCUT2D eigenvalue weighted by Gasteiger charge is 2.19. The number of aliphatic carboxylic acids is 1. The average Bonchev–Trinajstić information content (AvgIpc) is 2.34. The third kappa shape index (κ3) is 5.07. The van der Waals surface area contributed by atoms with Crippen LogP contribution < -0.4 is 5.32 Å². The standard InChI is InChI=1S/C14H20N2O3/c1-9(2)6-12(14(18)19)8-16-13(17)11-5-4-10(3)15-7-11/h4-5,7,9,12H,6,8H2,1-3H3,(H,16,17)(H,18,19). The fourth-order valence-electron chi connectivity index (χ4n) is 1.76. The Hall–Kier alpha value is -1.91. The molecule has 1 aromatic rings. The number of carboxylic acid groups (broad SMARTS) is 1. The molecule has 0 bridgehead atoms. The van der Waals surface area contributed by atoms with Gasteiger partial charge in [0.25, 0.3) is 5.91 Å². The lowest BCUT2D eigenvalue weighted by Gasteiger charge is -2.15. The molecule has 5 heteroatoms. The molecule has 1 amide bonds. The number of hydrogen-bond acceptors (Lipinski definition) is 3. The van der Waals surface area contributed by atoms with Gasteiger partial charge >= 0.3 is 5.97 Å². The molecule has 1 aromatic heterocycles. The lowest BCUT2D eigenvalue weighted by atomic mass is 9.97. The van der Waals surface area contributed by atoms with Crippen LogP contribution in [0.15, 0.2) is 18.3 Å². The van der Waals surface area contributed by atoms with Crippen LogP contribution in [0, 0.1) is 18.8 Å². The van der Waals surface area contributed by atoms with Gasteiger partial charge in [0.05, 0.1) is 11.5 Å². The highest BCUT2D eigenvalue weighted by molar-refractivity contribution is 5.94. The molecule has 0 aromatic carbocycles. The third-order valence-electron chi connectivity index (χ3n) is 2.79. The van der Waals surface area contributed by atoms with Gasteiger partial charge < -0.3 is 10.4 Å². The number of aryl methyl sites for hydroxylation is 1. The van der Waals surface area contributed by atoms with Gasteiger partial charge in [-0.05, 0) is 31.4 Å². The topological polar surface area (TPSA) is 79.3 Å². The van der Waals surface area contributed by atoms with E-state index in [4.69, 9.17) is 5.11 Å². The molecule has 0 saturated heterocycles. The Morgan fingerprint density at radius 2 is 2.05 bits per heavy atom. The fourth-order valence-corrected chi connectivity index (χ4v) is 1.76. The number of amides is 1. The van der Waals surface area contributed by atoms with E-state index in [-0.39, 0.29) is 18.4 Å². The number of carboxylic acids is 1. The van der Waals surface area contributed by atoms with Gasteiger partial charge in [0.1, 0.15) is 0 Å². The van der Waals surface area contributed by atoms with Crippen LogP contribution in [0.1, 0.15) is 36.3 Å². The second-order valence-electron chi connectivity index (χ2n) is 5.06. The number of nitrogens with one attached hydrogen (secondary N) is 1. The van der Waals surface area contributed by atoms with Crippen molar-refractivity contribution in [1.29, 1.82) is 0 Å². The quantitative estimate of drug-likeness (QED) is 0.822. The van der Waals surface area contributed by atoms with Gasteiger partial charge in [-0.2, -0.15) is 0 Å². The Kier molecular flexibility index (Phi) is 5.48. The van der Waals surface area contributed by atoms with Gasteiger partial charge in [-0.1, -0.05) is 13.8 Å². The molecule has 1 atom stereocenters. The minimum Gasteiger partial charge on any atom is -0.481 e. The van der Waals surface area contributed by atoms with Crippen molar-refractivity contribution in [3.63, 3.8) is 0 Å². The fraction of sp³-hybridized carbons (Fsp3) is 0.500. The molecule has 0 fully saturated rings. The zero-order valence-electron chi connectivity index (χ0n) is 11.5. The molecular formula is C14H20N2O3. The van der Waals surface area contributed by atoms with Crippen LogP contribution in [0.25, 0.3) is 0 Å². The smallest absolute Gasteiger partial charge is 0.308 e. The largest absolute Gasteiger partial charge is 0.481 e. The van der Waals surface area contributed by atoms with Gasteiger partial charge in [0.2, 0.25) is 0 Å². The summed E-state index contributed by atoms with van der Waals surface area (Å²) >= 11 is 0. The molecule has 1 heterocycles. The summed E-state index contributed by atoms with van der Waals surface area (Å²) in [6, 6.07) is 3.42. The maximum Gasteiger partial charge on any atom is 0.308 e. The molecule has 1 unspecified atom stereocenters. The summed E-state index contributed by atoms with van der Waals surface area (Å²) in [4.78, 5) is 26.9. The summed E-state index contributed by atoms with van der Waals surface area (Å²) in [5.74, 6) is -1.44. The molecule has 0 radical (unpaired) electrons. The highest BCUT2D eigenvalue weighted by Crippen LogP contribution is 2.11. The van der Waals surface area contributed by atoms with Crippen LogP contribution >= 0.6 is 0 Å². The van der Waals surface area contributed by atoms with E-state index in [1.54, 1.807) is 12.1 Å². The van der Waals surface area contributed by atoms with Crippen LogP contribution in [-0.4, -0.2) is 28.5 Å². The lowest BCUT2D eigenvalue weighted by Crippen LogP contribution is -2.33. The van der Waals surface area contributed by atoms with Gasteiger partial charge in [-0.15, -0.1) is 0 Å². The minimum absolute atomic E-state index is 0.139. The first-order chi connectivity index (χ1) is 8.90. The second kappa shape index (κ2) is 6.87. The molecule has 0 saturated carbocycles. The summed E-state index contributed by atoms with van der Waals surface area (Å²) < 4.78 is 0. The summed E-state index contributed by atoms with van der Waals surface area (Å²) in [7, 11) is 0. The van der Waals surface area contributed by atoms with E-state index in [0.717, 1.165) is 5.69 Å². The van der Waals surface area contributed by atoms with Crippen molar-refractivity contribution in [2.75, 3.05) is 6.54 Å². The number of rotatable bonds is 6. The number of pyridine rings is 1. The number of carbonyl (C=O) groups excluding carboxylic acids is 1. The monoisotopic (exact) mass is 264 g/mol. The number of carbonyl (C=O) groups is 2. The zero-order valence-corrected chi connectivity index (χ0v) is 11.5. The van der Waals surface area contributed by atoms with Gasteiger partial charge in [-0.3, -0.25) is 14.6 Å². The van der Waals surface area contributed by atoms with E-state index in [0.29, 0.717) is 12.0 Å². The van der Waals surface area contributed by atoms with E-state index in [1.165, 1.54) is 6.20 Å². The molecule has 0 aliphatic heterocycles. The normalized spacial score (nSPS) is 12.2. The highest BCUT2D eigenvalue weighted by atomic mass is 16.4. The average molecular weight is 264 g/mol. The maximum atomic E-state index is 11.8. The van der Waals surface area contributed by atoms with Crippen molar-refractivity contribution in [2.24, 2.45) is 11.8 Å². The number of aromatic nitrogens is 1. The molecule has 19 heavy (non-hydrogen) atoms. The summed E-state index contributed by atoms with van der Waals surface area (Å²) in [6.45, 7) is 5.90. The van der Waals surface area contributed by atoms with Crippen molar-refractivity contribution in [2.45, 2.75) is 27.2 Å². The number of nitrogens with zero attached hydrogens (tertiary/aromatic N) is 1. The second-order valence-corrected chi connectivity index (χ2v) is 5.06. The van der Waals surface area contributed by atoms with Crippen molar-refractivity contribution < 1.29 is 14.7 Å². The Labute approximate surface area is 113 Å². The van der Waals surface area contributed by atoms with Crippen LogP contribution in [0.3, 0.4) is 0 Å². The summed E-state index contributed by atoms with van der Waals surface area (Å²) in [5, 5.41) is 11.7. The summed E-state index contributed by atoms with van der Waals surface area (Å²) in [5.41, 5.74) is 1.28. The molecule has 1 rings (SSSR count). The maximum absolute atomic E-state index is 11.8. The van der Waals surface area contributed by atoms with E-state index in [1.807, 2.05) is 20.8 Å². The number of hydrogen-bond donors (Lipinski definition) is 2. The first kappa shape index (κ1) is 15.1. The molecular weight excluding hydrogens is 244 g/mol. The predicted molar refractivity (Wildman–Crippen MR) is 71.9 cm³/mol. The van der Waals surface area contributed by atoms with Crippen molar-refractivity contribution in [3.05, 3.63) is 29.6 Å². The molecule has 0 aliphatic rings. The predicted octanol–water partition coefficient (Wildman–Crippen LogP) is 1.87.